The second-order valence-corrected chi connectivity index (χ2v) is 4.85. The zero-order chi connectivity index (χ0) is 16.0. The Hall–Kier alpha value is -2.31. The van der Waals surface area contributed by atoms with Crippen LogP contribution in [0.5, 0.6) is 5.88 Å². The van der Waals surface area contributed by atoms with E-state index in [9.17, 15) is 9.59 Å². The fourth-order valence-corrected chi connectivity index (χ4v) is 1.68. The molecule has 0 spiro atoms. The predicted molar refractivity (Wildman–Crippen MR) is 78.6 cm³/mol. The molecule has 0 aliphatic heterocycles. The average molecular weight is 295 g/mol. The van der Waals surface area contributed by atoms with Crippen LogP contribution in [0.25, 0.3) is 0 Å². The number of pyridine rings is 1. The summed E-state index contributed by atoms with van der Waals surface area (Å²) in [5.41, 5.74) is 1.35. The van der Waals surface area contributed by atoms with Gasteiger partial charge in [0.2, 0.25) is 5.88 Å². The molecule has 0 radical (unpaired) electrons. The first-order chi connectivity index (χ1) is 9.85. The second kappa shape index (κ2) is 7.47. The first-order valence-corrected chi connectivity index (χ1v) is 6.69. The number of urea groups is 1. The third-order valence-electron chi connectivity index (χ3n) is 2.83. The van der Waals surface area contributed by atoms with Crippen molar-refractivity contribution in [2.24, 2.45) is 5.92 Å². The first kappa shape index (κ1) is 16.7. The number of carbonyl (C=O) groups excluding carboxylic acids is 1. The molecule has 1 atom stereocenters. The summed E-state index contributed by atoms with van der Waals surface area (Å²) in [5, 5.41) is 11.6. The van der Waals surface area contributed by atoms with Crippen molar-refractivity contribution in [1.29, 1.82) is 0 Å². The maximum Gasteiger partial charge on any atom is 0.321 e. The van der Waals surface area contributed by atoms with Crippen LogP contribution in [0, 0.1) is 12.8 Å². The van der Waals surface area contributed by atoms with Crippen LogP contribution in [-0.2, 0) is 4.79 Å². The Morgan fingerprint density at radius 3 is 2.76 bits per heavy atom. The highest BCUT2D eigenvalue weighted by atomic mass is 16.5. The molecule has 1 rings (SSSR count). The molecule has 116 valence electrons. The van der Waals surface area contributed by atoms with E-state index in [0.717, 1.165) is 5.56 Å². The molecule has 1 aromatic rings. The Morgan fingerprint density at radius 1 is 1.52 bits per heavy atom. The summed E-state index contributed by atoms with van der Waals surface area (Å²) in [7, 11) is 1.54. The van der Waals surface area contributed by atoms with E-state index in [1.165, 1.54) is 4.90 Å². The molecular weight excluding hydrogens is 274 g/mol. The second-order valence-electron chi connectivity index (χ2n) is 4.85. The molecule has 1 unspecified atom stereocenters. The number of hydrogen-bond donors (Lipinski definition) is 2. The molecule has 0 fully saturated rings. The van der Waals surface area contributed by atoms with Crippen LogP contribution in [0.3, 0.4) is 0 Å². The molecule has 0 saturated heterocycles. The summed E-state index contributed by atoms with van der Waals surface area (Å²) in [6, 6.07) is 1.35. The van der Waals surface area contributed by atoms with Gasteiger partial charge in [-0.05, 0) is 25.5 Å². The summed E-state index contributed by atoms with van der Waals surface area (Å²) in [5.74, 6) is -1.24. The van der Waals surface area contributed by atoms with Crippen molar-refractivity contribution in [3.8, 4) is 5.88 Å². The Labute approximate surface area is 123 Å². The Bertz CT molecular complexity index is 519. The van der Waals surface area contributed by atoms with Crippen molar-refractivity contribution in [3.05, 3.63) is 17.8 Å². The molecule has 0 bridgehead atoms. The molecule has 1 heterocycles. The number of rotatable bonds is 6. The normalized spacial score (nSPS) is 11.6. The molecule has 0 aliphatic rings. The molecule has 0 aliphatic carbocycles. The van der Waals surface area contributed by atoms with Gasteiger partial charge in [0.05, 0.1) is 12.5 Å². The smallest absolute Gasteiger partial charge is 0.321 e. The van der Waals surface area contributed by atoms with Gasteiger partial charge in [-0.3, -0.25) is 4.79 Å². The standard InChI is InChI=1S/C14H21N3O4/c1-5-21-12-11(6-9(2)7-15-12)16-14(20)17(4)8-10(3)13(18)19/h6-7,10H,5,8H2,1-4H3,(H,16,20)(H,18,19). The van der Waals surface area contributed by atoms with Gasteiger partial charge in [-0.1, -0.05) is 6.92 Å². The fourth-order valence-electron chi connectivity index (χ4n) is 1.68. The van der Waals surface area contributed by atoms with E-state index in [4.69, 9.17) is 9.84 Å². The largest absolute Gasteiger partial charge is 0.481 e. The summed E-state index contributed by atoms with van der Waals surface area (Å²) in [6.45, 7) is 5.78. The number of carboxylic acids is 1. The highest BCUT2D eigenvalue weighted by molar-refractivity contribution is 5.90. The number of anilines is 1. The van der Waals surface area contributed by atoms with Crippen molar-refractivity contribution in [1.82, 2.24) is 9.88 Å². The van der Waals surface area contributed by atoms with E-state index in [-0.39, 0.29) is 6.54 Å². The number of hydrogen-bond acceptors (Lipinski definition) is 4. The number of carbonyl (C=O) groups is 2. The van der Waals surface area contributed by atoms with Gasteiger partial charge in [0.25, 0.3) is 0 Å². The lowest BCUT2D eigenvalue weighted by Crippen LogP contribution is -2.36. The number of aliphatic carboxylic acids is 1. The van der Waals surface area contributed by atoms with Crippen LogP contribution in [0.15, 0.2) is 12.3 Å². The number of amides is 2. The quantitative estimate of drug-likeness (QED) is 0.837. The monoisotopic (exact) mass is 295 g/mol. The number of aryl methyl sites for hydroxylation is 1. The molecule has 2 amide bonds. The lowest BCUT2D eigenvalue weighted by molar-refractivity contribution is -0.141. The van der Waals surface area contributed by atoms with E-state index in [1.54, 1.807) is 26.2 Å². The minimum Gasteiger partial charge on any atom is -0.481 e. The maximum absolute atomic E-state index is 12.1. The van der Waals surface area contributed by atoms with Crippen molar-refractivity contribution in [2.75, 3.05) is 25.5 Å². The van der Waals surface area contributed by atoms with Gasteiger partial charge in [0, 0.05) is 19.8 Å². The molecule has 1 aromatic heterocycles. The minimum absolute atomic E-state index is 0.115. The van der Waals surface area contributed by atoms with Crippen LogP contribution in [0.2, 0.25) is 0 Å². The number of ether oxygens (including phenoxy) is 1. The van der Waals surface area contributed by atoms with Gasteiger partial charge in [-0.2, -0.15) is 0 Å². The SMILES string of the molecule is CCOc1ncc(C)cc1NC(=O)N(C)CC(C)C(=O)O. The summed E-state index contributed by atoms with van der Waals surface area (Å²) >= 11 is 0. The van der Waals surface area contributed by atoms with Gasteiger partial charge in [0.1, 0.15) is 5.69 Å². The molecular formula is C14H21N3O4. The lowest BCUT2D eigenvalue weighted by Gasteiger charge is -2.20. The summed E-state index contributed by atoms with van der Waals surface area (Å²) < 4.78 is 5.35. The molecule has 0 aromatic carbocycles. The molecule has 2 N–H and O–H groups in total. The Balaban J connectivity index is 2.78. The minimum atomic E-state index is -0.943. The molecule has 0 saturated carbocycles. The highest BCUT2D eigenvalue weighted by Crippen LogP contribution is 2.22. The van der Waals surface area contributed by atoms with Crippen molar-refractivity contribution in [2.45, 2.75) is 20.8 Å². The Morgan fingerprint density at radius 2 is 2.19 bits per heavy atom. The fraction of sp³-hybridized carbons (Fsp3) is 0.500. The van der Waals surface area contributed by atoms with E-state index in [0.29, 0.717) is 18.2 Å². The van der Waals surface area contributed by atoms with E-state index >= 15 is 0 Å². The van der Waals surface area contributed by atoms with Crippen LogP contribution < -0.4 is 10.1 Å². The summed E-state index contributed by atoms with van der Waals surface area (Å²) in [4.78, 5) is 28.3. The van der Waals surface area contributed by atoms with Crippen LogP contribution in [0.4, 0.5) is 10.5 Å². The number of nitrogens with one attached hydrogen (secondary N) is 1. The molecule has 21 heavy (non-hydrogen) atoms. The van der Waals surface area contributed by atoms with E-state index < -0.39 is 17.9 Å². The molecule has 7 nitrogen and oxygen atoms in total. The van der Waals surface area contributed by atoms with Gasteiger partial charge in [0.15, 0.2) is 0 Å². The maximum atomic E-state index is 12.1. The van der Waals surface area contributed by atoms with Crippen LogP contribution in [0.1, 0.15) is 19.4 Å². The third kappa shape index (κ3) is 4.94. The first-order valence-electron chi connectivity index (χ1n) is 6.69. The topological polar surface area (TPSA) is 91.8 Å². The van der Waals surface area contributed by atoms with Gasteiger partial charge < -0.3 is 20.1 Å². The average Bonchev–Trinajstić information content (AvgIpc) is 2.41. The number of carboxylic acid groups (broad SMARTS) is 1. The Kier molecular flexibility index (Phi) is 5.95. The highest BCUT2D eigenvalue weighted by Gasteiger charge is 2.18. The van der Waals surface area contributed by atoms with Crippen LogP contribution in [-0.4, -0.2) is 47.2 Å². The molecule has 7 heteroatoms. The zero-order valence-electron chi connectivity index (χ0n) is 12.7. The van der Waals surface area contributed by atoms with Gasteiger partial charge in [-0.25, -0.2) is 9.78 Å². The zero-order valence-corrected chi connectivity index (χ0v) is 12.7. The van der Waals surface area contributed by atoms with Gasteiger partial charge in [-0.15, -0.1) is 0 Å². The van der Waals surface area contributed by atoms with Crippen molar-refractivity contribution >= 4 is 17.7 Å². The van der Waals surface area contributed by atoms with E-state index in [2.05, 4.69) is 10.3 Å². The third-order valence-corrected chi connectivity index (χ3v) is 2.83. The predicted octanol–water partition coefficient (Wildman–Crippen LogP) is 1.97. The van der Waals surface area contributed by atoms with E-state index in [1.807, 2.05) is 13.8 Å². The lowest BCUT2D eigenvalue weighted by atomic mass is 10.2. The van der Waals surface area contributed by atoms with Crippen molar-refractivity contribution < 1.29 is 19.4 Å². The summed E-state index contributed by atoms with van der Waals surface area (Å²) in [6.07, 6.45) is 1.65. The van der Waals surface area contributed by atoms with Crippen molar-refractivity contribution in [3.63, 3.8) is 0 Å². The van der Waals surface area contributed by atoms with Gasteiger partial charge >= 0.3 is 12.0 Å². The number of nitrogens with zero attached hydrogens (tertiary/aromatic N) is 2. The number of aromatic nitrogens is 1. The van der Waals surface area contributed by atoms with Crippen LogP contribution >= 0.6 is 0 Å².